The summed E-state index contributed by atoms with van der Waals surface area (Å²) in [6.07, 6.45) is -1.72. The van der Waals surface area contributed by atoms with Crippen molar-refractivity contribution in [3.05, 3.63) is 54.1 Å². The van der Waals surface area contributed by atoms with Gasteiger partial charge >= 0.3 is 18.0 Å². The molecule has 2 aromatic rings. The molecule has 0 bridgehead atoms. The van der Waals surface area contributed by atoms with E-state index >= 15 is 0 Å². The molecular formula is C23H29N3O6. The van der Waals surface area contributed by atoms with E-state index < -0.39 is 36.7 Å². The number of carboxylic acids is 2. The van der Waals surface area contributed by atoms with Crippen LogP contribution in [0, 0.1) is 5.92 Å². The van der Waals surface area contributed by atoms with E-state index in [-0.39, 0.29) is 18.9 Å². The average Bonchev–Trinajstić information content (AvgIpc) is 2.73. The molecule has 0 aromatic heterocycles. The highest BCUT2D eigenvalue weighted by Gasteiger charge is 2.27. The van der Waals surface area contributed by atoms with Crippen LogP contribution in [0.5, 0.6) is 0 Å². The van der Waals surface area contributed by atoms with Crippen LogP contribution in [-0.4, -0.2) is 63.4 Å². The van der Waals surface area contributed by atoms with Crippen molar-refractivity contribution in [2.45, 2.75) is 32.4 Å². The molecule has 9 heteroatoms. The standard InChI is InChI=1S/C23H29N3O6/c1-14(2)12-26(13-20(27)22(30)31)23(32)25-19(21(28)29)11-15-3-5-16(6-4-15)17-7-9-18(24)10-8-17/h3-10,14,19-20,27H,11-13,24H2,1-2H3,(H,25,32)(H,28,29)(H,30,31)/t19-,20-/m0/s1. The van der Waals surface area contributed by atoms with Crippen molar-refractivity contribution < 1.29 is 29.7 Å². The summed E-state index contributed by atoms with van der Waals surface area (Å²) >= 11 is 0. The summed E-state index contributed by atoms with van der Waals surface area (Å²) in [6.45, 7) is 3.37. The van der Waals surface area contributed by atoms with Gasteiger partial charge in [-0.05, 0) is 34.7 Å². The second-order valence-electron chi connectivity index (χ2n) is 8.02. The van der Waals surface area contributed by atoms with Crippen LogP contribution in [0.25, 0.3) is 11.1 Å². The highest BCUT2D eigenvalue weighted by Crippen LogP contribution is 2.21. The van der Waals surface area contributed by atoms with Crippen molar-refractivity contribution in [1.29, 1.82) is 0 Å². The fraction of sp³-hybridized carbons (Fsp3) is 0.348. The van der Waals surface area contributed by atoms with Crippen molar-refractivity contribution in [3.8, 4) is 11.1 Å². The number of aliphatic hydroxyl groups excluding tert-OH is 1. The number of benzene rings is 2. The summed E-state index contributed by atoms with van der Waals surface area (Å²) in [5.41, 5.74) is 8.98. The van der Waals surface area contributed by atoms with Gasteiger partial charge in [0, 0.05) is 18.7 Å². The number of nitrogen functional groups attached to an aromatic ring is 1. The zero-order chi connectivity index (χ0) is 23.8. The van der Waals surface area contributed by atoms with Crippen LogP contribution in [0.2, 0.25) is 0 Å². The normalized spacial score (nSPS) is 12.8. The quantitative estimate of drug-likeness (QED) is 0.352. The monoisotopic (exact) mass is 443 g/mol. The van der Waals surface area contributed by atoms with Crippen molar-refractivity contribution in [2.24, 2.45) is 5.92 Å². The summed E-state index contributed by atoms with van der Waals surface area (Å²) < 4.78 is 0. The number of urea groups is 1. The Bertz CT molecular complexity index is 928. The van der Waals surface area contributed by atoms with Crippen LogP contribution in [-0.2, 0) is 16.0 Å². The number of rotatable bonds is 10. The number of carbonyl (C=O) groups is 3. The lowest BCUT2D eigenvalue weighted by Gasteiger charge is -2.27. The summed E-state index contributed by atoms with van der Waals surface area (Å²) in [4.78, 5) is 36.5. The third-order valence-corrected chi connectivity index (χ3v) is 4.78. The highest BCUT2D eigenvalue weighted by atomic mass is 16.4. The van der Waals surface area contributed by atoms with Crippen LogP contribution in [0.4, 0.5) is 10.5 Å². The third kappa shape index (κ3) is 7.28. The SMILES string of the molecule is CC(C)CN(C[C@H](O)C(=O)O)C(=O)N[C@@H](Cc1ccc(-c2ccc(N)cc2)cc1)C(=O)O. The molecule has 2 atom stereocenters. The van der Waals surface area contributed by atoms with Crippen LogP contribution in [0.1, 0.15) is 19.4 Å². The minimum absolute atomic E-state index is 0.00842. The van der Waals surface area contributed by atoms with E-state index in [2.05, 4.69) is 5.32 Å². The van der Waals surface area contributed by atoms with E-state index in [4.69, 9.17) is 10.8 Å². The van der Waals surface area contributed by atoms with Gasteiger partial charge in [-0.25, -0.2) is 14.4 Å². The average molecular weight is 444 g/mol. The maximum atomic E-state index is 12.6. The Morgan fingerprint density at radius 1 is 0.906 bits per heavy atom. The molecule has 2 rings (SSSR count). The van der Waals surface area contributed by atoms with Gasteiger partial charge in [-0.15, -0.1) is 0 Å². The highest BCUT2D eigenvalue weighted by molar-refractivity contribution is 5.83. The number of aliphatic hydroxyl groups is 1. The zero-order valence-corrected chi connectivity index (χ0v) is 18.1. The molecule has 0 radical (unpaired) electrons. The van der Waals surface area contributed by atoms with E-state index in [0.29, 0.717) is 11.3 Å². The second kappa shape index (κ2) is 11.1. The fourth-order valence-electron chi connectivity index (χ4n) is 3.15. The molecule has 9 nitrogen and oxygen atoms in total. The Labute approximate surface area is 186 Å². The molecule has 0 aliphatic carbocycles. The van der Waals surface area contributed by atoms with Gasteiger partial charge in [0.05, 0.1) is 6.54 Å². The van der Waals surface area contributed by atoms with E-state index in [1.165, 1.54) is 0 Å². The predicted molar refractivity (Wildman–Crippen MR) is 120 cm³/mol. The lowest BCUT2D eigenvalue weighted by Crippen LogP contribution is -2.52. The lowest BCUT2D eigenvalue weighted by atomic mass is 10.0. The van der Waals surface area contributed by atoms with Gasteiger partial charge in [-0.2, -0.15) is 0 Å². The number of carboxylic acid groups (broad SMARTS) is 2. The summed E-state index contributed by atoms with van der Waals surface area (Å²) in [6, 6.07) is 12.7. The minimum Gasteiger partial charge on any atom is -0.480 e. The van der Waals surface area contributed by atoms with Crippen molar-refractivity contribution in [2.75, 3.05) is 18.8 Å². The summed E-state index contributed by atoms with van der Waals surface area (Å²) in [5.74, 6) is -2.68. The van der Waals surface area contributed by atoms with E-state index in [1.54, 1.807) is 24.3 Å². The zero-order valence-electron chi connectivity index (χ0n) is 18.1. The first-order valence-corrected chi connectivity index (χ1v) is 10.2. The summed E-state index contributed by atoms with van der Waals surface area (Å²) in [5, 5.41) is 30.6. The molecule has 172 valence electrons. The van der Waals surface area contributed by atoms with Gasteiger partial charge in [-0.3, -0.25) is 0 Å². The first kappa shape index (κ1) is 24.7. The van der Waals surface area contributed by atoms with Gasteiger partial charge in [0.25, 0.3) is 0 Å². The van der Waals surface area contributed by atoms with E-state index in [9.17, 15) is 24.6 Å². The number of hydrogen-bond donors (Lipinski definition) is 5. The molecule has 0 unspecified atom stereocenters. The number of nitrogens with zero attached hydrogens (tertiary/aromatic N) is 1. The fourth-order valence-corrected chi connectivity index (χ4v) is 3.15. The maximum absolute atomic E-state index is 12.6. The van der Waals surface area contributed by atoms with Crippen LogP contribution < -0.4 is 11.1 Å². The molecular weight excluding hydrogens is 414 g/mol. The predicted octanol–water partition coefficient (Wildman–Crippen LogP) is 2.04. The third-order valence-electron chi connectivity index (χ3n) is 4.78. The van der Waals surface area contributed by atoms with Gasteiger partial charge in [0.2, 0.25) is 0 Å². The van der Waals surface area contributed by atoms with Gasteiger partial charge in [0.15, 0.2) is 6.10 Å². The Balaban J connectivity index is 2.10. The number of amides is 2. The molecule has 0 saturated heterocycles. The first-order chi connectivity index (χ1) is 15.1. The van der Waals surface area contributed by atoms with E-state index in [0.717, 1.165) is 16.0 Å². The van der Waals surface area contributed by atoms with E-state index in [1.807, 2.05) is 38.1 Å². The maximum Gasteiger partial charge on any atom is 0.334 e. The molecule has 0 saturated carbocycles. The largest absolute Gasteiger partial charge is 0.480 e. The lowest BCUT2D eigenvalue weighted by molar-refractivity contribution is -0.147. The van der Waals surface area contributed by atoms with Gasteiger partial charge < -0.3 is 31.3 Å². The Kier molecular flexibility index (Phi) is 8.60. The van der Waals surface area contributed by atoms with Crippen LogP contribution >= 0.6 is 0 Å². The van der Waals surface area contributed by atoms with Crippen LogP contribution in [0.15, 0.2) is 48.5 Å². The molecule has 0 heterocycles. The number of hydrogen-bond acceptors (Lipinski definition) is 5. The second-order valence-corrected chi connectivity index (χ2v) is 8.02. The van der Waals surface area contributed by atoms with Crippen LogP contribution in [0.3, 0.4) is 0 Å². The minimum atomic E-state index is -1.76. The van der Waals surface area contributed by atoms with Crippen molar-refractivity contribution >= 4 is 23.7 Å². The number of nitrogens with one attached hydrogen (secondary N) is 1. The Morgan fingerprint density at radius 2 is 1.44 bits per heavy atom. The topological polar surface area (TPSA) is 153 Å². The van der Waals surface area contributed by atoms with Gasteiger partial charge in [-0.1, -0.05) is 50.2 Å². The molecule has 2 amide bonds. The van der Waals surface area contributed by atoms with Gasteiger partial charge in [0.1, 0.15) is 6.04 Å². The number of carbonyl (C=O) groups excluding carboxylic acids is 1. The molecule has 2 aromatic carbocycles. The smallest absolute Gasteiger partial charge is 0.334 e. The Morgan fingerprint density at radius 3 is 1.91 bits per heavy atom. The summed E-state index contributed by atoms with van der Waals surface area (Å²) in [7, 11) is 0. The Hall–Kier alpha value is -3.59. The first-order valence-electron chi connectivity index (χ1n) is 10.2. The molecule has 32 heavy (non-hydrogen) atoms. The number of anilines is 1. The number of nitrogens with two attached hydrogens (primary N) is 1. The molecule has 0 aliphatic rings. The number of aliphatic carboxylic acids is 2. The molecule has 0 aliphatic heterocycles. The van der Waals surface area contributed by atoms with Crippen molar-refractivity contribution in [3.63, 3.8) is 0 Å². The molecule has 0 fully saturated rings. The molecule has 6 N–H and O–H groups in total. The van der Waals surface area contributed by atoms with Crippen molar-refractivity contribution in [1.82, 2.24) is 10.2 Å². The molecule has 0 spiro atoms.